The summed E-state index contributed by atoms with van der Waals surface area (Å²) in [6.07, 6.45) is 13.7. The van der Waals surface area contributed by atoms with Crippen molar-refractivity contribution in [2.45, 2.75) is 121 Å². The topological polar surface area (TPSA) is 6.48 Å². The average molecular weight is 553 g/mol. The molecule has 0 spiro atoms. The average Bonchev–Trinajstić information content (AvgIpc) is 3.31. The van der Waals surface area contributed by atoms with Crippen LogP contribution >= 0.6 is 0 Å². The summed E-state index contributed by atoms with van der Waals surface area (Å²) in [6, 6.07) is 20.0. The SMILES string of the molecule is Cc1cc2c3c(c1)C1(C)CCCCC1(C)N3c1cccc3c1B2c1cccc2c1N3C1(C)CC3CCCCC3CC21C. The van der Waals surface area contributed by atoms with Gasteiger partial charge in [-0.3, -0.25) is 0 Å². The van der Waals surface area contributed by atoms with Gasteiger partial charge in [-0.05, 0) is 97.9 Å². The highest BCUT2D eigenvalue weighted by molar-refractivity contribution is 7.00. The third-order valence-electron chi connectivity index (χ3n) is 14.8. The van der Waals surface area contributed by atoms with E-state index in [0.29, 0.717) is 6.71 Å². The molecule has 0 N–H and O–H groups in total. The fraction of sp³-hybridized carbons (Fsp3) is 0.538. The molecule has 6 atom stereocenters. The maximum atomic E-state index is 2.93. The normalized spacial score (nSPS) is 37.9. The summed E-state index contributed by atoms with van der Waals surface area (Å²) in [4.78, 5) is 5.81. The first-order chi connectivity index (χ1) is 20.2. The van der Waals surface area contributed by atoms with Crippen LogP contribution in [-0.2, 0) is 10.8 Å². The Morgan fingerprint density at radius 3 is 2.12 bits per heavy atom. The molecule has 214 valence electrons. The minimum Gasteiger partial charge on any atom is -0.335 e. The maximum Gasteiger partial charge on any atom is 0.252 e. The molecule has 42 heavy (non-hydrogen) atoms. The largest absolute Gasteiger partial charge is 0.335 e. The number of aryl methyl sites for hydroxylation is 1. The zero-order chi connectivity index (χ0) is 28.4. The van der Waals surface area contributed by atoms with Crippen molar-refractivity contribution in [3.63, 3.8) is 0 Å². The molecule has 3 aromatic carbocycles. The lowest BCUT2D eigenvalue weighted by atomic mass is 9.33. The fourth-order valence-electron chi connectivity index (χ4n) is 12.5. The first-order valence-corrected chi connectivity index (χ1v) is 17.2. The van der Waals surface area contributed by atoms with Gasteiger partial charge in [0.2, 0.25) is 0 Å². The first kappa shape index (κ1) is 24.7. The third-order valence-corrected chi connectivity index (χ3v) is 14.8. The Hall–Kier alpha value is -2.68. The van der Waals surface area contributed by atoms with Crippen LogP contribution < -0.4 is 26.2 Å². The molecular formula is C39H45BN2. The molecule has 7 aliphatic rings. The van der Waals surface area contributed by atoms with E-state index in [0.717, 1.165) is 11.8 Å². The minimum atomic E-state index is 0.107. The zero-order valence-electron chi connectivity index (χ0n) is 26.3. The van der Waals surface area contributed by atoms with Gasteiger partial charge in [-0.1, -0.05) is 94.3 Å². The smallest absolute Gasteiger partial charge is 0.252 e. The lowest BCUT2D eigenvalue weighted by Crippen LogP contribution is -2.67. The molecule has 0 aromatic heterocycles. The van der Waals surface area contributed by atoms with E-state index >= 15 is 0 Å². The summed E-state index contributed by atoms with van der Waals surface area (Å²) in [6.45, 7) is 13.2. The van der Waals surface area contributed by atoms with Gasteiger partial charge in [-0.15, -0.1) is 0 Å². The van der Waals surface area contributed by atoms with Gasteiger partial charge >= 0.3 is 0 Å². The Morgan fingerprint density at radius 1 is 0.667 bits per heavy atom. The fourth-order valence-corrected chi connectivity index (χ4v) is 12.5. The van der Waals surface area contributed by atoms with E-state index in [4.69, 9.17) is 0 Å². The predicted octanol–water partition coefficient (Wildman–Crippen LogP) is 7.65. The first-order valence-electron chi connectivity index (χ1n) is 17.2. The van der Waals surface area contributed by atoms with Crippen molar-refractivity contribution in [2.75, 3.05) is 9.80 Å². The van der Waals surface area contributed by atoms with E-state index in [1.54, 1.807) is 38.9 Å². The molecule has 4 heterocycles. The van der Waals surface area contributed by atoms with Gasteiger partial charge < -0.3 is 9.80 Å². The Kier molecular flexibility index (Phi) is 4.42. The number of fused-ring (bicyclic) bond motifs is 11. The molecule has 3 fully saturated rings. The monoisotopic (exact) mass is 552 g/mol. The van der Waals surface area contributed by atoms with Crippen LogP contribution in [0.1, 0.15) is 109 Å². The molecule has 2 nitrogen and oxygen atoms in total. The lowest BCUT2D eigenvalue weighted by molar-refractivity contribution is 0.0581. The molecule has 4 aliphatic heterocycles. The van der Waals surface area contributed by atoms with E-state index in [1.807, 2.05) is 0 Å². The van der Waals surface area contributed by atoms with Crippen molar-refractivity contribution in [3.8, 4) is 0 Å². The molecule has 0 radical (unpaired) electrons. The summed E-state index contributed by atoms with van der Waals surface area (Å²) in [5.41, 5.74) is 16.2. The highest BCUT2D eigenvalue weighted by Gasteiger charge is 2.66. The van der Waals surface area contributed by atoms with Gasteiger partial charge in [0.05, 0.1) is 11.1 Å². The third kappa shape index (κ3) is 2.47. The standard InChI is InChI=1S/C39H45BN2/c1-24-20-28-35-30(21-24)40-29-15-10-14-27-34(29)42(39(5)23-26-13-7-6-12-25(26)22-37(27,39)3)32-17-11-16-31(33(32)40)41(35)38(4)19-9-8-18-36(28,38)2/h10-11,14-17,20-21,25-26H,6-9,12-13,18-19,22-23H2,1-5H3. The molecule has 0 bridgehead atoms. The number of rotatable bonds is 0. The van der Waals surface area contributed by atoms with Crippen molar-refractivity contribution in [3.05, 3.63) is 65.2 Å². The molecule has 3 heteroatoms. The highest BCUT2D eigenvalue weighted by Crippen LogP contribution is 2.66. The second kappa shape index (κ2) is 7.51. The van der Waals surface area contributed by atoms with Crippen molar-refractivity contribution >= 4 is 45.9 Å². The number of anilines is 4. The molecule has 6 unspecified atom stereocenters. The quantitative estimate of drug-likeness (QED) is 0.265. The van der Waals surface area contributed by atoms with Crippen molar-refractivity contribution in [1.82, 2.24) is 0 Å². The van der Waals surface area contributed by atoms with Gasteiger partial charge in [-0.2, -0.15) is 0 Å². The summed E-state index contributed by atoms with van der Waals surface area (Å²) in [5.74, 6) is 1.76. The molecule has 3 aromatic rings. The Bertz CT molecular complexity index is 1730. The van der Waals surface area contributed by atoms with Crippen molar-refractivity contribution in [1.29, 1.82) is 0 Å². The van der Waals surface area contributed by atoms with E-state index in [2.05, 4.69) is 92.9 Å². The molecular weight excluding hydrogens is 507 g/mol. The summed E-state index contributed by atoms with van der Waals surface area (Å²) in [5, 5.41) is 0. The predicted molar refractivity (Wildman–Crippen MR) is 178 cm³/mol. The van der Waals surface area contributed by atoms with E-state index < -0.39 is 0 Å². The van der Waals surface area contributed by atoms with Crippen LogP contribution in [0, 0.1) is 18.8 Å². The number of hydrogen-bond donors (Lipinski definition) is 0. The van der Waals surface area contributed by atoms with Gasteiger partial charge in [-0.25, -0.2) is 0 Å². The number of nitrogens with zero attached hydrogens (tertiary/aromatic N) is 2. The van der Waals surface area contributed by atoms with Crippen LogP contribution in [0.15, 0.2) is 48.5 Å². The lowest BCUT2D eigenvalue weighted by Gasteiger charge is -2.57. The number of para-hydroxylation sites is 1. The van der Waals surface area contributed by atoms with Gasteiger partial charge in [0.1, 0.15) is 0 Å². The van der Waals surface area contributed by atoms with Crippen LogP contribution in [0.3, 0.4) is 0 Å². The zero-order valence-corrected chi connectivity index (χ0v) is 26.3. The highest BCUT2D eigenvalue weighted by atomic mass is 15.3. The summed E-state index contributed by atoms with van der Waals surface area (Å²) >= 11 is 0. The van der Waals surface area contributed by atoms with Crippen LogP contribution in [0.2, 0.25) is 0 Å². The maximum absolute atomic E-state index is 2.93. The van der Waals surface area contributed by atoms with Gasteiger partial charge in [0, 0.05) is 33.6 Å². The van der Waals surface area contributed by atoms with Crippen molar-refractivity contribution in [2.24, 2.45) is 11.8 Å². The summed E-state index contributed by atoms with van der Waals surface area (Å²) < 4.78 is 0. The minimum absolute atomic E-state index is 0.107. The molecule has 3 saturated carbocycles. The molecule has 0 amide bonds. The van der Waals surface area contributed by atoms with E-state index in [-0.39, 0.29) is 21.9 Å². The molecule has 3 aliphatic carbocycles. The second-order valence-electron chi connectivity index (χ2n) is 16.4. The molecule has 0 saturated heterocycles. The van der Waals surface area contributed by atoms with Crippen molar-refractivity contribution < 1.29 is 0 Å². The Labute approximate surface area is 253 Å². The van der Waals surface area contributed by atoms with Crippen LogP contribution in [0.5, 0.6) is 0 Å². The summed E-state index contributed by atoms with van der Waals surface area (Å²) in [7, 11) is 0. The Balaban J connectivity index is 1.29. The molecule has 10 rings (SSSR count). The van der Waals surface area contributed by atoms with Gasteiger partial charge in [0.15, 0.2) is 0 Å². The van der Waals surface area contributed by atoms with E-state index in [9.17, 15) is 0 Å². The van der Waals surface area contributed by atoms with Crippen LogP contribution in [0.4, 0.5) is 22.7 Å². The number of benzene rings is 3. The van der Waals surface area contributed by atoms with E-state index in [1.165, 1.54) is 81.1 Å². The second-order valence-corrected chi connectivity index (χ2v) is 16.4. The van der Waals surface area contributed by atoms with Crippen LogP contribution in [0.25, 0.3) is 0 Å². The Morgan fingerprint density at radius 2 is 1.33 bits per heavy atom. The van der Waals surface area contributed by atoms with Crippen LogP contribution in [-0.4, -0.2) is 17.8 Å². The van der Waals surface area contributed by atoms with Gasteiger partial charge in [0.25, 0.3) is 6.71 Å². The number of hydrogen-bond acceptors (Lipinski definition) is 2.